The van der Waals surface area contributed by atoms with E-state index >= 15 is 0 Å². The van der Waals surface area contributed by atoms with Gasteiger partial charge in [0.05, 0.1) is 0 Å². The number of aryl methyl sites for hydroxylation is 2. The minimum Gasteiger partial charge on any atom is -0.294 e. The van der Waals surface area contributed by atoms with Crippen LogP contribution in [0.3, 0.4) is 0 Å². The van der Waals surface area contributed by atoms with E-state index in [0.29, 0.717) is 11.0 Å². The molecule has 0 aromatic carbocycles. The standard InChI is InChI=1S/C30H52N4OS/c1-6-7-8-9-10-11-12-13-14-15-16-21-26-31-32-28-24(3)27(33-34(26)28)30(4,5)22-36-29(35)25-20-18-17-19-23(25)2/h23,25,33H,6-22H2,1-5H3. The van der Waals surface area contributed by atoms with Gasteiger partial charge in [0.25, 0.3) is 0 Å². The van der Waals surface area contributed by atoms with Gasteiger partial charge >= 0.3 is 0 Å². The van der Waals surface area contributed by atoms with E-state index in [9.17, 15) is 4.79 Å². The lowest BCUT2D eigenvalue weighted by atomic mass is 9.81. The van der Waals surface area contributed by atoms with Crippen molar-refractivity contribution in [2.45, 2.75) is 143 Å². The number of hydrogen-bond acceptors (Lipinski definition) is 4. The second-order valence-electron chi connectivity index (χ2n) is 12.0. The molecule has 0 aliphatic heterocycles. The van der Waals surface area contributed by atoms with E-state index < -0.39 is 0 Å². The van der Waals surface area contributed by atoms with Crippen LogP contribution in [-0.2, 0) is 16.6 Å². The number of rotatable bonds is 16. The zero-order valence-corrected chi connectivity index (χ0v) is 24.7. The number of carbonyl (C=O) groups excluding carboxylic acids is 1. The zero-order chi connectivity index (χ0) is 26.0. The lowest BCUT2D eigenvalue weighted by Gasteiger charge is -2.29. The molecule has 1 fully saturated rings. The molecule has 5 nitrogen and oxygen atoms in total. The maximum atomic E-state index is 13.0. The van der Waals surface area contributed by atoms with Gasteiger partial charge in [0.1, 0.15) is 0 Å². The van der Waals surface area contributed by atoms with Gasteiger partial charge in [0.15, 0.2) is 16.6 Å². The Balaban J connectivity index is 1.45. The molecule has 1 N–H and O–H groups in total. The predicted molar refractivity (Wildman–Crippen MR) is 154 cm³/mol. The first-order valence-electron chi connectivity index (χ1n) is 14.9. The van der Waals surface area contributed by atoms with Crippen molar-refractivity contribution in [1.82, 2.24) is 19.8 Å². The number of H-pyrrole nitrogens is 1. The number of nitrogens with one attached hydrogen (secondary N) is 1. The van der Waals surface area contributed by atoms with Gasteiger partial charge in [-0.05, 0) is 32.1 Å². The minimum absolute atomic E-state index is 0.128. The largest absolute Gasteiger partial charge is 0.294 e. The third kappa shape index (κ3) is 8.10. The molecular weight excluding hydrogens is 464 g/mol. The van der Waals surface area contributed by atoms with Crippen molar-refractivity contribution in [3.63, 3.8) is 0 Å². The van der Waals surface area contributed by atoms with Gasteiger partial charge < -0.3 is 0 Å². The summed E-state index contributed by atoms with van der Waals surface area (Å²) in [7, 11) is 0. The van der Waals surface area contributed by atoms with Crippen LogP contribution in [0.1, 0.15) is 141 Å². The molecule has 0 radical (unpaired) electrons. The molecule has 2 unspecified atom stereocenters. The van der Waals surface area contributed by atoms with Gasteiger partial charge in [-0.25, -0.2) is 4.52 Å². The third-order valence-electron chi connectivity index (χ3n) is 8.33. The van der Waals surface area contributed by atoms with Crippen LogP contribution in [-0.4, -0.2) is 30.7 Å². The molecular formula is C30H52N4OS. The van der Waals surface area contributed by atoms with Crippen molar-refractivity contribution in [1.29, 1.82) is 0 Å². The van der Waals surface area contributed by atoms with Gasteiger partial charge in [-0.1, -0.05) is 117 Å². The number of aromatic nitrogens is 4. The summed E-state index contributed by atoms with van der Waals surface area (Å²) in [6.45, 7) is 11.2. The molecule has 0 bridgehead atoms. The molecule has 204 valence electrons. The van der Waals surface area contributed by atoms with E-state index in [1.165, 1.54) is 101 Å². The van der Waals surface area contributed by atoms with Crippen molar-refractivity contribution >= 4 is 22.5 Å². The summed E-state index contributed by atoms with van der Waals surface area (Å²) in [5.41, 5.74) is 3.16. The first kappa shape index (κ1) is 29.3. The highest BCUT2D eigenvalue weighted by Gasteiger charge is 2.32. The molecule has 1 aliphatic rings. The van der Waals surface area contributed by atoms with Crippen LogP contribution in [0.15, 0.2) is 0 Å². The summed E-state index contributed by atoms with van der Waals surface area (Å²) in [5, 5.41) is 13.0. The molecule has 6 heteroatoms. The fourth-order valence-electron chi connectivity index (χ4n) is 5.85. The number of carbonyl (C=O) groups is 1. The van der Waals surface area contributed by atoms with E-state index in [2.05, 4.69) is 54.4 Å². The number of unbranched alkanes of at least 4 members (excludes halogenated alkanes) is 10. The smallest absolute Gasteiger partial charge is 0.192 e. The summed E-state index contributed by atoms with van der Waals surface area (Å²) >= 11 is 1.54. The highest BCUT2D eigenvalue weighted by Crippen LogP contribution is 2.36. The molecule has 0 spiro atoms. The maximum Gasteiger partial charge on any atom is 0.192 e. The lowest BCUT2D eigenvalue weighted by Crippen LogP contribution is -2.27. The topological polar surface area (TPSA) is 63.0 Å². The summed E-state index contributed by atoms with van der Waals surface area (Å²) in [4.78, 5) is 13.0. The first-order chi connectivity index (χ1) is 17.3. The number of thioether (sulfide) groups is 1. The van der Waals surface area contributed by atoms with Crippen LogP contribution in [0, 0.1) is 18.8 Å². The van der Waals surface area contributed by atoms with Crippen molar-refractivity contribution in [3.8, 4) is 0 Å². The Hall–Kier alpha value is -1.30. The second kappa shape index (κ2) is 14.6. The molecule has 1 saturated carbocycles. The van der Waals surface area contributed by atoms with Crippen molar-refractivity contribution in [3.05, 3.63) is 17.1 Å². The van der Waals surface area contributed by atoms with Crippen molar-refractivity contribution in [2.24, 2.45) is 11.8 Å². The Kier molecular flexibility index (Phi) is 11.9. The molecule has 1 aliphatic carbocycles. The molecule has 36 heavy (non-hydrogen) atoms. The van der Waals surface area contributed by atoms with Crippen LogP contribution in [0.5, 0.6) is 0 Å². The number of fused-ring (bicyclic) bond motifs is 1. The van der Waals surface area contributed by atoms with E-state index in [1.54, 1.807) is 0 Å². The van der Waals surface area contributed by atoms with Crippen molar-refractivity contribution < 1.29 is 4.79 Å². The molecule has 2 aromatic heterocycles. The minimum atomic E-state index is -0.128. The van der Waals surface area contributed by atoms with E-state index in [-0.39, 0.29) is 11.3 Å². The quantitative estimate of drug-likeness (QED) is 0.227. The lowest BCUT2D eigenvalue weighted by molar-refractivity contribution is -0.116. The molecule has 3 rings (SSSR count). The first-order valence-corrected chi connectivity index (χ1v) is 15.9. The molecule has 0 amide bonds. The summed E-state index contributed by atoms with van der Waals surface area (Å²) in [5.74, 6) is 2.59. The Morgan fingerprint density at radius 1 is 0.972 bits per heavy atom. The second-order valence-corrected chi connectivity index (χ2v) is 13.0. The van der Waals surface area contributed by atoms with Crippen LogP contribution in [0.25, 0.3) is 5.65 Å². The predicted octanol–water partition coefficient (Wildman–Crippen LogP) is 8.58. The average molecular weight is 517 g/mol. The summed E-state index contributed by atoms with van der Waals surface area (Å²) in [6, 6.07) is 0. The highest BCUT2D eigenvalue weighted by atomic mass is 32.2. The van der Waals surface area contributed by atoms with Gasteiger partial charge in [-0.15, -0.1) is 10.2 Å². The van der Waals surface area contributed by atoms with E-state index in [1.807, 2.05) is 0 Å². The third-order valence-corrected chi connectivity index (χ3v) is 9.79. The average Bonchev–Trinajstić information content (AvgIpc) is 3.42. The van der Waals surface area contributed by atoms with Crippen LogP contribution in [0.4, 0.5) is 0 Å². The number of aromatic amines is 1. The zero-order valence-electron chi connectivity index (χ0n) is 23.8. The monoisotopic (exact) mass is 516 g/mol. The van der Waals surface area contributed by atoms with Crippen LogP contribution in [0.2, 0.25) is 0 Å². The van der Waals surface area contributed by atoms with Gasteiger partial charge in [-0.3, -0.25) is 9.89 Å². The molecule has 2 heterocycles. The highest BCUT2D eigenvalue weighted by molar-refractivity contribution is 8.13. The molecule has 2 aromatic rings. The molecule has 0 saturated heterocycles. The van der Waals surface area contributed by atoms with Gasteiger partial charge in [0.2, 0.25) is 0 Å². The van der Waals surface area contributed by atoms with Crippen LogP contribution < -0.4 is 0 Å². The Morgan fingerprint density at radius 2 is 1.58 bits per heavy atom. The van der Waals surface area contributed by atoms with Crippen molar-refractivity contribution in [2.75, 3.05) is 5.75 Å². The maximum absolute atomic E-state index is 13.0. The van der Waals surface area contributed by atoms with E-state index in [4.69, 9.17) is 0 Å². The Labute approximate surface area is 224 Å². The SMILES string of the molecule is CCCCCCCCCCCCCc1nnc2c(C)c(C(C)(C)CSC(=O)C3CCCCC3C)[nH]n12. The summed E-state index contributed by atoms with van der Waals surface area (Å²) in [6.07, 6.45) is 20.6. The fraction of sp³-hybridized carbons (Fsp3) is 0.833. The van der Waals surface area contributed by atoms with Gasteiger partial charge in [-0.2, -0.15) is 0 Å². The summed E-state index contributed by atoms with van der Waals surface area (Å²) < 4.78 is 2.10. The number of hydrogen-bond donors (Lipinski definition) is 1. The van der Waals surface area contributed by atoms with Crippen LogP contribution >= 0.6 is 11.8 Å². The fourth-order valence-corrected chi connectivity index (χ4v) is 7.06. The Morgan fingerprint density at radius 3 is 2.22 bits per heavy atom. The number of nitrogens with zero attached hydrogens (tertiary/aromatic N) is 3. The molecule has 2 atom stereocenters. The normalized spacial score (nSPS) is 18.8. The van der Waals surface area contributed by atoms with Gasteiger partial charge in [0, 0.05) is 34.8 Å². The Bertz CT molecular complexity index is 931. The van der Waals surface area contributed by atoms with E-state index in [0.717, 1.165) is 42.1 Å².